The molecule has 2 heterocycles. The molecule has 2 aromatic heterocycles. The minimum Gasteiger partial charge on any atom is -0.417 e. The summed E-state index contributed by atoms with van der Waals surface area (Å²) in [5.74, 6) is 0.000704. The fourth-order valence-electron chi connectivity index (χ4n) is 1.40. The minimum absolute atomic E-state index is 0.000704. The van der Waals surface area contributed by atoms with Crippen molar-refractivity contribution in [3.8, 4) is 15.8 Å². The average molecular weight is 275 g/mol. The van der Waals surface area contributed by atoms with Gasteiger partial charge in [0.25, 0.3) is 6.47 Å². The Morgan fingerprint density at radius 2 is 2.00 bits per heavy atom. The number of allylic oxidation sites excluding steroid dienone is 1. The van der Waals surface area contributed by atoms with Crippen LogP contribution < -0.4 is 0 Å². The molecule has 0 unspecified atom stereocenters. The largest absolute Gasteiger partial charge is 0.417 e. The molecular weight excluding hydrogens is 266 g/mol. The number of nitriles is 1. The Hall–Kier alpha value is -1.90. The second kappa shape index (κ2) is 5.63. The molecule has 0 spiro atoms. The Morgan fingerprint density at radius 3 is 2.61 bits per heavy atom. The van der Waals surface area contributed by atoms with Gasteiger partial charge in [0.05, 0.1) is 0 Å². The second-order valence-electron chi connectivity index (χ2n) is 3.45. The molecular formula is C13H9NO2S2. The van der Waals surface area contributed by atoms with Gasteiger partial charge in [-0.05, 0) is 31.2 Å². The Kier molecular flexibility index (Phi) is 3.92. The Morgan fingerprint density at radius 1 is 1.28 bits per heavy atom. The van der Waals surface area contributed by atoms with Crippen molar-refractivity contribution in [2.45, 2.75) is 6.92 Å². The van der Waals surface area contributed by atoms with Crippen LogP contribution in [0.5, 0.6) is 0 Å². The highest BCUT2D eigenvalue weighted by Crippen LogP contribution is 2.34. The molecule has 0 atom stereocenters. The third kappa shape index (κ3) is 2.86. The summed E-state index contributed by atoms with van der Waals surface area (Å²) in [7, 11) is 0. The van der Waals surface area contributed by atoms with Crippen LogP contribution in [0.2, 0.25) is 0 Å². The molecule has 0 aliphatic rings. The van der Waals surface area contributed by atoms with Gasteiger partial charge in [0.2, 0.25) is 5.76 Å². The van der Waals surface area contributed by atoms with Crippen LogP contribution in [0, 0.1) is 18.3 Å². The molecule has 0 saturated carbocycles. The van der Waals surface area contributed by atoms with E-state index in [9.17, 15) is 4.79 Å². The van der Waals surface area contributed by atoms with E-state index in [1.807, 2.05) is 18.2 Å². The van der Waals surface area contributed by atoms with E-state index in [-0.39, 0.29) is 12.2 Å². The molecule has 0 aliphatic heterocycles. The van der Waals surface area contributed by atoms with E-state index in [0.29, 0.717) is 0 Å². The van der Waals surface area contributed by atoms with Gasteiger partial charge in [-0.15, -0.1) is 22.7 Å². The highest BCUT2D eigenvalue weighted by Gasteiger charge is 2.05. The number of carbonyl (C=O) groups is 1. The van der Waals surface area contributed by atoms with Crippen molar-refractivity contribution in [3.05, 3.63) is 39.8 Å². The number of ether oxygens (including phenoxy) is 1. The fraction of sp³-hybridized carbons (Fsp3) is 0.0769. The third-order valence-corrected chi connectivity index (χ3v) is 4.40. The molecule has 0 bridgehead atoms. The number of hydrogen-bond donors (Lipinski definition) is 0. The van der Waals surface area contributed by atoms with Crippen molar-refractivity contribution in [2.75, 3.05) is 0 Å². The first-order chi connectivity index (χ1) is 8.72. The van der Waals surface area contributed by atoms with Gasteiger partial charge in [0.15, 0.2) is 0 Å². The van der Waals surface area contributed by atoms with Gasteiger partial charge in [0.1, 0.15) is 6.07 Å². The maximum atomic E-state index is 10.2. The number of thiophene rings is 2. The number of aryl methyl sites for hydroxylation is 1. The molecule has 2 rings (SSSR count). The molecule has 0 aliphatic carbocycles. The first-order valence-corrected chi connectivity index (χ1v) is 6.75. The molecule has 5 heteroatoms. The van der Waals surface area contributed by atoms with Gasteiger partial charge in [-0.2, -0.15) is 5.26 Å². The van der Waals surface area contributed by atoms with E-state index in [1.54, 1.807) is 28.7 Å². The third-order valence-electron chi connectivity index (χ3n) is 2.17. The van der Waals surface area contributed by atoms with Gasteiger partial charge < -0.3 is 4.74 Å². The molecule has 0 N–H and O–H groups in total. The van der Waals surface area contributed by atoms with Crippen LogP contribution >= 0.6 is 22.7 Å². The Labute approximate surface area is 113 Å². The Balaban J connectivity index is 2.26. The molecule has 2 aromatic rings. The van der Waals surface area contributed by atoms with Gasteiger partial charge >= 0.3 is 0 Å². The molecule has 90 valence electrons. The SMILES string of the molecule is Cc1ccc(-c2ccc(C=C(C#N)OC=O)s2)s1. The summed E-state index contributed by atoms with van der Waals surface area (Å²) in [5.41, 5.74) is 0. The fourth-order valence-corrected chi connectivity index (χ4v) is 3.30. The predicted molar refractivity (Wildman–Crippen MR) is 73.1 cm³/mol. The lowest BCUT2D eigenvalue weighted by Crippen LogP contribution is -1.84. The van der Waals surface area contributed by atoms with E-state index in [4.69, 9.17) is 5.26 Å². The lowest BCUT2D eigenvalue weighted by atomic mass is 10.3. The lowest BCUT2D eigenvalue weighted by molar-refractivity contribution is -0.124. The summed E-state index contributed by atoms with van der Waals surface area (Å²) in [6, 6.07) is 9.87. The van der Waals surface area contributed by atoms with Crippen LogP contribution in [-0.2, 0) is 9.53 Å². The standard InChI is InChI=1S/C13H9NO2S2/c1-9-2-4-12(17-9)13-5-3-11(18-13)6-10(7-14)16-8-15/h2-6,8H,1H3. The van der Waals surface area contributed by atoms with Crippen LogP contribution in [0.1, 0.15) is 9.75 Å². The predicted octanol–water partition coefficient (Wildman–Crippen LogP) is 3.82. The zero-order valence-electron chi connectivity index (χ0n) is 9.54. The number of nitrogens with zero attached hydrogens (tertiary/aromatic N) is 1. The molecule has 0 fully saturated rings. The Bertz CT molecular complexity index is 631. The molecule has 0 aromatic carbocycles. The van der Waals surface area contributed by atoms with E-state index in [2.05, 4.69) is 23.8 Å². The zero-order valence-corrected chi connectivity index (χ0v) is 11.2. The van der Waals surface area contributed by atoms with E-state index in [0.717, 1.165) is 9.75 Å². The number of carbonyl (C=O) groups excluding carboxylic acids is 1. The summed E-state index contributed by atoms with van der Waals surface area (Å²) in [6.45, 7) is 2.32. The van der Waals surface area contributed by atoms with E-state index >= 15 is 0 Å². The van der Waals surface area contributed by atoms with Crippen LogP contribution in [0.3, 0.4) is 0 Å². The van der Waals surface area contributed by atoms with Crippen LogP contribution in [0.25, 0.3) is 15.8 Å². The van der Waals surface area contributed by atoms with Crippen molar-refractivity contribution in [1.29, 1.82) is 5.26 Å². The number of rotatable bonds is 4. The normalized spacial score (nSPS) is 11.0. The first-order valence-electron chi connectivity index (χ1n) is 5.11. The molecule has 0 radical (unpaired) electrons. The summed E-state index contributed by atoms with van der Waals surface area (Å²) in [5, 5.41) is 8.75. The second-order valence-corrected chi connectivity index (χ2v) is 5.85. The maximum Gasteiger partial charge on any atom is 0.299 e. The van der Waals surface area contributed by atoms with Crippen molar-refractivity contribution >= 4 is 35.2 Å². The van der Waals surface area contributed by atoms with Crippen molar-refractivity contribution in [2.24, 2.45) is 0 Å². The molecule has 0 saturated heterocycles. The van der Waals surface area contributed by atoms with Crippen LogP contribution in [0.15, 0.2) is 30.0 Å². The average Bonchev–Trinajstić information content (AvgIpc) is 2.97. The van der Waals surface area contributed by atoms with Crippen LogP contribution in [-0.4, -0.2) is 6.47 Å². The summed E-state index contributed by atoms with van der Waals surface area (Å²) < 4.78 is 4.54. The minimum atomic E-state index is 0.000704. The lowest BCUT2D eigenvalue weighted by Gasteiger charge is -1.91. The van der Waals surface area contributed by atoms with Crippen molar-refractivity contribution < 1.29 is 9.53 Å². The van der Waals surface area contributed by atoms with Gasteiger partial charge in [-0.3, -0.25) is 4.79 Å². The molecule has 18 heavy (non-hydrogen) atoms. The zero-order chi connectivity index (χ0) is 13.0. The van der Waals surface area contributed by atoms with Gasteiger partial charge in [-0.25, -0.2) is 0 Å². The topological polar surface area (TPSA) is 50.1 Å². The van der Waals surface area contributed by atoms with E-state index in [1.165, 1.54) is 9.75 Å². The van der Waals surface area contributed by atoms with Crippen LogP contribution in [0.4, 0.5) is 0 Å². The summed E-state index contributed by atoms with van der Waals surface area (Å²) >= 11 is 3.28. The monoisotopic (exact) mass is 275 g/mol. The highest BCUT2D eigenvalue weighted by molar-refractivity contribution is 7.22. The van der Waals surface area contributed by atoms with E-state index < -0.39 is 0 Å². The smallest absolute Gasteiger partial charge is 0.299 e. The highest BCUT2D eigenvalue weighted by atomic mass is 32.1. The maximum absolute atomic E-state index is 10.2. The van der Waals surface area contributed by atoms with Crippen molar-refractivity contribution in [1.82, 2.24) is 0 Å². The molecule has 3 nitrogen and oxygen atoms in total. The quantitative estimate of drug-likeness (QED) is 0.484. The van der Waals surface area contributed by atoms with Gasteiger partial charge in [0, 0.05) is 25.6 Å². The summed E-state index contributed by atoms with van der Waals surface area (Å²) in [6.07, 6.45) is 1.56. The summed E-state index contributed by atoms with van der Waals surface area (Å²) in [4.78, 5) is 14.7. The first kappa shape index (κ1) is 12.6. The van der Waals surface area contributed by atoms with Gasteiger partial charge in [-0.1, -0.05) is 0 Å². The number of hydrogen-bond acceptors (Lipinski definition) is 5. The molecule has 0 amide bonds. The van der Waals surface area contributed by atoms with Crippen molar-refractivity contribution in [3.63, 3.8) is 0 Å².